The lowest BCUT2D eigenvalue weighted by molar-refractivity contribution is -0.150. The van der Waals surface area contributed by atoms with Crippen molar-refractivity contribution in [1.82, 2.24) is 9.66 Å². The van der Waals surface area contributed by atoms with Gasteiger partial charge in [0.05, 0.1) is 30.8 Å². The molecule has 1 aromatic heterocycles. The largest absolute Gasteiger partial charge is 0.493 e. The zero-order valence-electron chi connectivity index (χ0n) is 17.0. The lowest BCUT2D eigenvalue weighted by Gasteiger charge is -2.16. The number of halogens is 1. The first-order valence-corrected chi connectivity index (χ1v) is 10.1. The SMILES string of the molecule is CCOC(=O)C(C)Oc1cc(Br)c(C=Nn2c(=O)[nH]c3ccccc3c2=O)cc1OC. The van der Waals surface area contributed by atoms with Gasteiger partial charge in [-0.1, -0.05) is 12.1 Å². The second-order valence-electron chi connectivity index (χ2n) is 6.37. The number of H-pyrrole nitrogens is 1. The Morgan fingerprint density at radius 1 is 1.26 bits per heavy atom. The molecule has 10 heteroatoms. The average molecular weight is 490 g/mol. The average Bonchev–Trinajstić information content (AvgIpc) is 2.75. The van der Waals surface area contributed by atoms with Crippen molar-refractivity contribution in [1.29, 1.82) is 0 Å². The van der Waals surface area contributed by atoms with E-state index in [1.165, 1.54) is 13.3 Å². The minimum Gasteiger partial charge on any atom is -0.493 e. The number of ether oxygens (including phenoxy) is 3. The normalized spacial score (nSPS) is 12.1. The van der Waals surface area contributed by atoms with E-state index in [9.17, 15) is 14.4 Å². The minimum atomic E-state index is -0.838. The summed E-state index contributed by atoms with van der Waals surface area (Å²) in [5.74, 6) is 0.148. The topological polar surface area (TPSA) is 112 Å². The summed E-state index contributed by atoms with van der Waals surface area (Å²) in [5.41, 5.74) is -0.246. The van der Waals surface area contributed by atoms with E-state index in [4.69, 9.17) is 14.2 Å². The number of fused-ring (bicyclic) bond motifs is 1. The van der Waals surface area contributed by atoms with E-state index in [1.807, 2.05) is 0 Å². The van der Waals surface area contributed by atoms with Gasteiger partial charge in [-0.15, -0.1) is 4.68 Å². The molecule has 3 aromatic rings. The van der Waals surface area contributed by atoms with Gasteiger partial charge in [0.15, 0.2) is 17.6 Å². The molecule has 1 atom stereocenters. The number of para-hydroxylation sites is 1. The molecule has 3 rings (SSSR count). The predicted molar refractivity (Wildman–Crippen MR) is 119 cm³/mol. The van der Waals surface area contributed by atoms with Gasteiger partial charge in [0, 0.05) is 10.0 Å². The standard InChI is InChI=1S/C21H20BrN3O6/c1-4-30-20(27)12(2)31-18-10-15(22)13(9-17(18)29-3)11-23-25-19(26)14-7-5-6-8-16(14)24-21(25)28/h5-12H,4H2,1-3H3,(H,24,28). The van der Waals surface area contributed by atoms with Gasteiger partial charge in [0.1, 0.15) is 0 Å². The van der Waals surface area contributed by atoms with Crippen LogP contribution in [0.4, 0.5) is 0 Å². The molecule has 1 N–H and O–H groups in total. The Bertz CT molecular complexity index is 1260. The number of hydrogen-bond acceptors (Lipinski definition) is 7. The Morgan fingerprint density at radius 2 is 2.00 bits per heavy atom. The van der Waals surface area contributed by atoms with Crippen LogP contribution in [0, 0.1) is 0 Å². The van der Waals surface area contributed by atoms with Crippen LogP contribution in [0.1, 0.15) is 19.4 Å². The van der Waals surface area contributed by atoms with Crippen LogP contribution < -0.4 is 20.7 Å². The first kappa shape index (κ1) is 22.3. The van der Waals surface area contributed by atoms with Crippen molar-refractivity contribution in [3.05, 3.63) is 67.3 Å². The van der Waals surface area contributed by atoms with Crippen LogP contribution in [0.3, 0.4) is 0 Å². The fourth-order valence-corrected chi connectivity index (χ4v) is 3.20. The minimum absolute atomic E-state index is 0.246. The number of methoxy groups -OCH3 is 1. The first-order chi connectivity index (χ1) is 14.8. The summed E-state index contributed by atoms with van der Waals surface area (Å²) in [5, 5.41) is 4.38. The molecule has 0 saturated heterocycles. The van der Waals surface area contributed by atoms with Gasteiger partial charge >= 0.3 is 11.7 Å². The second kappa shape index (κ2) is 9.61. The number of nitrogens with zero attached hydrogens (tertiary/aromatic N) is 2. The third kappa shape index (κ3) is 4.85. The van der Waals surface area contributed by atoms with Gasteiger partial charge in [-0.25, -0.2) is 9.59 Å². The van der Waals surface area contributed by atoms with Gasteiger partial charge in [-0.3, -0.25) is 4.79 Å². The lowest BCUT2D eigenvalue weighted by Crippen LogP contribution is -2.32. The van der Waals surface area contributed by atoms with Gasteiger partial charge in [0.25, 0.3) is 5.56 Å². The number of aromatic amines is 1. The molecule has 2 aromatic carbocycles. The maximum absolute atomic E-state index is 12.6. The molecule has 0 aliphatic rings. The summed E-state index contributed by atoms with van der Waals surface area (Å²) in [6.07, 6.45) is 0.506. The smallest absolute Gasteiger partial charge is 0.349 e. The summed E-state index contributed by atoms with van der Waals surface area (Å²) in [4.78, 5) is 39.3. The van der Waals surface area contributed by atoms with Crippen molar-refractivity contribution in [2.75, 3.05) is 13.7 Å². The molecule has 0 spiro atoms. The number of benzene rings is 2. The third-order valence-corrected chi connectivity index (χ3v) is 4.99. The molecule has 0 amide bonds. The highest BCUT2D eigenvalue weighted by atomic mass is 79.9. The fourth-order valence-electron chi connectivity index (χ4n) is 2.78. The predicted octanol–water partition coefficient (Wildman–Crippen LogP) is 2.67. The molecule has 9 nitrogen and oxygen atoms in total. The second-order valence-corrected chi connectivity index (χ2v) is 7.23. The fraction of sp³-hybridized carbons (Fsp3) is 0.238. The lowest BCUT2D eigenvalue weighted by atomic mass is 10.2. The molecule has 31 heavy (non-hydrogen) atoms. The van der Waals surface area contributed by atoms with Crippen LogP contribution in [0.2, 0.25) is 0 Å². The number of esters is 1. The first-order valence-electron chi connectivity index (χ1n) is 9.35. The van der Waals surface area contributed by atoms with Crippen LogP contribution in [-0.4, -0.2) is 41.7 Å². The van der Waals surface area contributed by atoms with Crippen molar-refractivity contribution >= 4 is 39.0 Å². The molecule has 0 aliphatic carbocycles. The van der Waals surface area contributed by atoms with Crippen molar-refractivity contribution in [3.63, 3.8) is 0 Å². The molecule has 0 bridgehead atoms. The van der Waals surface area contributed by atoms with Crippen LogP contribution >= 0.6 is 15.9 Å². The Balaban J connectivity index is 1.95. The van der Waals surface area contributed by atoms with Crippen molar-refractivity contribution in [2.45, 2.75) is 20.0 Å². The van der Waals surface area contributed by atoms with E-state index in [2.05, 4.69) is 26.0 Å². The summed E-state index contributed by atoms with van der Waals surface area (Å²) in [6.45, 7) is 3.52. The Labute approximate surface area is 185 Å². The van der Waals surface area contributed by atoms with Gasteiger partial charge in [-0.2, -0.15) is 5.10 Å². The molecular formula is C21H20BrN3O6. The van der Waals surface area contributed by atoms with E-state index in [0.29, 0.717) is 32.4 Å². The quantitative estimate of drug-likeness (QED) is 0.403. The number of carbonyl (C=O) groups excluding carboxylic acids is 1. The van der Waals surface area contributed by atoms with E-state index < -0.39 is 23.3 Å². The molecule has 0 saturated carbocycles. The van der Waals surface area contributed by atoms with E-state index in [1.54, 1.807) is 50.2 Å². The van der Waals surface area contributed by atoms with Crippen LogP contribution in [0.15, 0.2) is 55.6 Å². The van der Waals surface area contributed by atoms with E-state index in [-0.39, 0.29) is 6.61 Å². The monoisotopic (exact) mass is 489 g/mol. The number of aromatic nitrogens is 2. The Morgan fingerprint density at radius 3 is 2.71 bits per heavy atom. The zero-order chi connectivity index (χ0) is 22.5. The van der Waals surface area contributed by atoms with E-state index >= 15 is 0 Å². The highest BCUT2D eigenvalue weighted by Gasteiger charge is 2.19. The van der Waals surface area contributed by atoms with Crippen molar-refractivity contribution in [2.24, 2.45) is 5.10 Å². The highest BCUT2D eigenvalue weighted by molar-refractivity contribution is 9.10. The molecule has 1 unspecified atom stereocenters. The third-order valence-electron chi connectivity index (χ3n) is 4.30. The zero-order valence-corrected chi connectivity index (χ0v) is 18.6. The maximum Gasteiger partial charge on any atom is 0.349 e. The van der Waals surface area contributed by atoms with E-state index in [0.717, 1.165) is 4.68 Å². The molecule has 0 aliphatic heterocycles. The van der Waals surface area contributed by atoms with Crippen LogP contribution in [0.25, 0.3) is 10.9 Å². The van der Waals surface area contributed by atoms with Crippen LogP contribution in [-0.2, 0) is 9.53 Å². The number of rotatable bonds is 7. The Hall–Kier alpha value is -3.40. The molecule has 162 valence electrons. The summed E-state index contributed by atoms with van der Waals surface area (Å²) in [6, 6.07) is 9.87. The molecule has 0 radical (unpaired) electrons. The van der Waals surface area contributed by atoms with Crippen LogP contribution in [0.5, 0.6) is 11.5 Å². The number of hydrogen-bond donors (Lipinski definition) is 1. The molecule has 0 fully saturated rings. The summed E-state index contributed by atoms with van der Waals surface area (Å²) in [7, 11) is 1.45. The maximum atomic E-state index is 12.6. The van der Waals surface area contributed by atoms with Crippen molar-refractivity contribution < 1.29 is 19.0 Å². The molecular weight excluding hydrogens is 470 g/mol. The van der Waals surface area contributed by atoms with Crippen molar-refractivity contribution in [3.8, 4) is 11.5 Å². The number of carbonyl (C=O) groups is 1. The summed E-state index contributed by atoms with van der Waals surface area (Å²) < 4.78 is 17.2. The highest BCUT2D eigenvalue weighted by Crippen LogP contribution is 2.33. The number of nitrogens with one attached hydrogen (secondary N) is 1. The summed E-state index contributed by atoms with van der Waals surface area (Å²) >= 11 is 3.40. The van der Waals surface area contributed by atoms with Gasteiger partial charge in [0.2, 0.25) is 0 Å². The van der Waals surface area contributed by atoms with Gasteiger partial charge in [-0.05, 0) is 54.0 Å². The molecule has 1 heterocycles. The van der Waals surface area contributed by atoms with Gasteiger partial charge < -0.3 is 19.2 Å². The Kier molecular flexibility index (Phi) is 6.91.